The molecular formula is C28H50O2. The van der Waals surface area contributed by atoms with Crippen LogP contribution in [0.3, 0.4) is 0 Å². The molecule has 4 aliphatic rings. The van der Waals surface area contributed by atoms with Gasteiger partial charge in [0, 0.05) is 0 Å². The molecule has 30 heavy (non-hydrogen) atoms. The lowest BCUT2D eigenvalue weighted by atomic mass is 9.43. The molecule has 0 saturated heterocycles. The van der Waals surface area contributed by atoms with Crippen molar-refractivity contribution in [2.24, 2.45) is 40.4 Å². The second-order valence-electron chi connectivity index (χ2n) is 13.3. The molecule has 2 nitrogen and oxygen atoms in total. The predicted molar refractivity (Wildman–Crippen MR) is 125 cm³/mol. The van der Waals surface area contributed by atoms with Crippen molar-refractivity contribution >= 4 is 0 Å². The van der Waals surface area contributed by atoms with Gasteiger partial charge in [-0.2, -0.15) is 0 Å². The third kappa shape index (κ3) is 4.02. The summed E-state index contributed by atoms with van der Waals surface area (Å²) in [5, 5.41) is 21.0. The maximum atomic E-state index is 11.0. The van der Waals surface area contributed by atoms with E-state index >= 15 is 0 Å². The highest BCUT2D eigenvalue weighted by Crippen LogP contribution is 2.68. The Labute approximate surface area is 186 Å². The van der Waals surface area contributed by atoms with Crippen molar-refractivity contribution in [2.45, 2.75) is 136 Å². The van der Waals surface area contributed by atoms with Crippen molar-refractivity contribution in [1.29, 1.82) is 0 Å². The van der Waals surface area contributed by atoms with E-state index in [1.807, 2.05) is 13.8 Å². The molecule has 0 radical (unpaired) electrons. The average molecular weight is 419 g/mol. The zero-order valence-electron chi connectivity index (χ0n) is 20.7. The van der Waals surface area contributed by atoms with Gasteiger partial charge in [-0.15, -0.1) is 0 Å². The van der Waals surface area contributed by atoms with Gasteiger partial charge >= 0.3 is 0 Å². The highest BCUT2D eigenvalue weighted by Gasteiger charge is 2.60. The quantitative estimate of drug-likeness (QED) is 0.451. The molecule has 4 aliphatic carbocycles. The lowest BCUT2D eigenvalue weighted by molar-refractivity contribution is -0.151. The first-order valence-electron chi connectivity index (χ1n) is 13.5. The van der Waals surface area contributed by atoms with Crippen LogP contribution in [0.25, 0.3) is 0 Å². The fourth-order valence-electron chi connectivity index (χ4n) is 9.17. The van der Waals surface area contributed by atoms with E-state index in [1.54, 1.807) is 0 Å². The van der Waals surface area contributed by atoms with Gasteiger partial charge in [0.25, 0.3) is 0 Å². The van der Waals surface area contributed by atoms with Crippen molar-refractivity contribution in [3.8, 4) is 0 Å². The van der Waals surface area contributed by atoms with Gasteiger partial charge in [-0.25, -0.2) is 0 Å². The summed E-state index contributed by atoms with van der Waals surface area (Å²) in [5.41, 5.74) is 0.175. The number of fused-ring (bicyclic) bond motifs is 5. The number of aliphatic hydroxyl groups is 2. The number of hydrogen-bond donors (Lipinski definition) is 2. The molecule has 8 atom stereocenters. The highest BCUT2D eigenvalue weighted by molar-refractivity contribution is 5.10. The van der Waals surface area contributed by atoms with E-state index in [0.717, 1.165) is 55.3 Å². The molecule has 4 saturated carbocycles. The van der Waals surface area contributed by atoms with Gasteiger partial charge in [0.1, 0.15) is 0 Å². The van der Waals surface area contributed by atoms with Crippen molar-refractivity contribution < 1.29 is 10.2 Å². The van der Waals surface area contributed by atoms with Gasteiger partial charge in [-0.05, 0) is 131 Å². The van der Waals surface area contributed by atoms with Crippen molar-refractivity contribution in [1.82, 2.24) is 0 Å². The first-order chi connectivity index (χ1) is 14.0. The summed E-state index contributed by atoms with van der Waals surface area (Å²) in [6.07, 6.45) is 17.7. The SMILES string of the molecule is CC[C@]1(O)CC[C@@]2(C)[C@@H](CC[C@@H]3[C@@H]2CC[C@]2(C)[C@@H](CCCCC(C)(C)O)CC[C@@H]32)C1. The summed E-state index contributed by atoms with van der Waals surface area (Å²) in [6.45, 7) is 11.4. The van der Waals surface area contributed by atoms with Gasteiger partial charge in [-0.1, -0.05) is 33.6 Å². The summed E-state index contributed by atoms with van der Waals surface area (Å²) < 4.78 is 0. The van der Waals surface area contributed by atoms with Crippen LogP contribution in [0.4, 0.5) is 0 Å². The van der Waals surface area contributed by atoms with E-state index in [9.17, 15) is 10.2 Å². The van der Waals surface area contributed by atoms with Crippen LogP contribution in [-0.2, 0) is 0 Å². The van der Waals surface area contributed by atoms with Crippen molar-refractivity contribution in [3.05, 3.63) is 0 Å². The standard InChI is InChI=1S/C28H50O2/c1-6-28(30)18-17-27(5)21(19-28)10-12-22-23-13-11-20(9-7-8-15-25(2,3)29)26(23,4)16-14-24(22)27/h20-24,29-30H,6-19H2,1-5H3/t20-,21-,22-,23-,24-,26+,27-,28-/m0/s1. The lowest BCUT2D eigenvalue weighted by Gasteiger charge is -2.62. The molecule has 0 unspecified atom stereocenters. The topological polar surface area (TPSA) is 40.5 Å². The minimum absolute atomic E-state index is 0.373. The van der Waals surface area contributed by atoms with Crippen LogP contribution in [0.1, 0.15) is 125 Å². The van der Waals surface area contributed by atoms with E-state index in [1.165, 1.54) is 64.2 Å². The highest BCUT2D eigenvalue weighted by atomic mass is 16.3. The Bertz CT molecular complexity index is 608. The van der Waals surface area contributed by atoms with Crippen LogP contribution in [0.5, 0.6) is 0 Å². The smallest absolute Gasteiger partial charge is 0.0648 e. The van der Waals surface area contributed by atoms with Crippen molar-refractivity contribution in [3.63, 3.8) is 0 Å². The molecule has 0 heterocycles. The monoisotopic (exact) mass is 418 g/mol. The van der Waals surface area contributed by atoms with Gasteiger partial charge in [-0.3, -0.25) is 0 Å². The minimum Gasteiger partial charge on any atom is -0.390 e. The normalized spacial score (nSPS) is 48.7. The van der Waals surface area contributed by atoms with E-state index in [-0.39, 0.29) is 5.60 Å². The maximum absolute atomic E-state index is 11.0. The first-order valence-corrected chi connectivity index (χ1v) is 13.5. The van der Waals surface area contributed by atoms with E-state index in [0.29, 0.717) is 10.8 Å². The molecule has 0 aromatic carbocycles. The summed E-state index contributed by atoms with van der Waals surface area (Å²) >= 11 is 0. The maximum Gasteiger partial charge on any atom is 0.0648 e. The molecule has 4 fully saturated rings. The molecule has 0 aromatic rings. The molecule has 4 rings (SSSR count). The minimum atomic E-state index is -0.502. The predicted octanol–water partition coefficient (Wildman–Crippen LogP) is 7.12. The fraction of sp³-hybridized carbons (Fsp3) is 1.00. The van der Waals surface area contributed by atoms with E-state index in [2.05, 4.69) is 20.8 Å². The number of unbranched alkanes of at least 4 members (excludes halogenated alkanes) is 1. The summed E-state index contributed by atoms with van der Waals surface area (Å²) in [7, 11) is 0. The van der Waals surface area contributed by atoms with Crippen LogP contribution in [0, 0.1) is 40.4 Å². The zero-order chi connectivity index (χ0) is 21.8. The van der Waals surface area contributed by atoms with Gasteiger partial charge < -0.3 is 10.2 Å². The molecule has 2 N–H and O–H groups in total. The zero-order valence-corrected chi connectivity index (χ0v) is 20.7. The molecule has 0 spiro atoms. The molecule has 174 valence electrons. The van der Waals surface area contributed by atoms with Crippen LogP contribution in [0.15, 0.2) is 0 Å². The van der Waals surface area contributed by atoms with Crippen LogP contribution in [0.2, 0.25) is 0 Å². The van der Waals surface area contributed by atoms with E-state index in [4.69, 9.17) is 0 Å². The Kier molecular flexibility index (Phi) is 6.20. The summed E-state index contributed by atoms with van der Waals surface area (Å²) in [4.78, 5) is 0. The molecule has 0 aromatic heterocycles. The molecule has 2 heteroatoms. The molecular weight excluding hydrogens is 368 g/mol. The summed E-state index contributed by atoms with van der Waals surface area (Å²) in [5.74, 6) is 4.46. The third-order valence-corrected chi connectivity index (χ3v) is 11.3. The fourth-order valence-corrected chi connectivity index (χ4v) is 9.17. The van der Waals surface area contributed by atoms with Crippen LogP contribution >= 0.6 is 0 Å². The van der Waals surface area contributed by atoms with E-state index < -0.39 is 5.60 Å². The van der Waals surface area contributed by atoms with Crippen molar-refractivity contribution in [2.75, 3.05) is 0 Å². The number of rotatable bonds is 6. The Morgan fingerprint density at radius 3 is 2.30 bits per heavy atom. The first kappa shape index (κ1) is 23.1. The molecule has 0 amide bonds. The molecule has 0 bridgehead atoms. The Morgan fingerprint density at radius 2 is 1.60 bits per heavy atom. The lowest BCUT2D eigenvalue weighted by Crippen LogP contribution is -2.55. The Hall–Kier alpha value is -0.0800. The summed E-state index contributed by atoms with van der Waals surface area (Å²) in [6, 6.07) is 0. The Morgan fingerprint density at radius 1 is 0.867 bits per heavy atom. The average Bonchev–Trinajstić information content (AvgIpc) is 3.02. The Balaban J connectivity index is 1.41. The van der Waals surface area contributed by atoms with Crippen LogP contribution in [-0.4, -0.2) is 21.4 Å². The number of hydrogen-bond acceptors (Lipinski definition) is 2. The third-order valence-electron chi connectivity index (χ3n) is 11.3. The van der Waals surface area contributed by atoms with Gasteiger partial charge in [0.2, 0.25) is 0 Å². The van der Waals surface area contributed by atoms with Gasteiger partial charge in [0.15, 0.2) is 0 Å². The van der Waals surface area contributed by atoms with Crippen LogP contribution < -0.4 is 0 Å². The second kappa shape index (κ2) is 8.05. The molecule has 0 aliphatic heterocycles. The second-order valence-corrected chi connectivity index (χ2v) is 13.3. The largest absolute Gasteiger partial charge is 0.390 e. The van der Waals surface area contributed by atoms with Gasteiger partial charge in [0.05, 0.1) is 11.2 Å².